The molecule has 0 spiro atoms. The van der Waals surface area contributed by atoms with Gasteiger partial charge in [-0.15, -0.1) is 0 Å². The van der Waals surface area contributed by atoms with Crippen LogP contribution in [-0.2, 0) is 4.79 Å². The first-order chi connectivity index (χ1) is 6.04. The van der Waals surface area contributed by atoms with E-state index in [2.05, 4.69) is 20.8 Å². The van der Waals surface area contributed by atoms with Gasteiger partial charge in [0.15, 0.2) is 0 Å². The first-order valence-electron chi connectivity index (χ1n) is 5.58. The van der Waals surface area contributed by atoms with Crippen LogP contribution in [0.25, 0.3) is 0 Å². The largest absolute Gasteiger partial charge is 0.299 e. The maximum atomic E-state index is 11.9. The van der Waals surface area contributed by atoms with Gasteiger partial charge in [0, 0.05) is 11.8 Å². The zero-order chi connectivity index (χ0) is 9.90. The normalized spacial score (nSPS) is 20.9. The molecule has 0 bridgehead atoms. The van der Waals surface area contributed by atoms with Gasteiger partial charge in [0.05, 0.1) is 0 Å². The molecule has 0 amide bonds. The molecule has 1 aliphatic carbocycles. The van der Waals surface area contributed by atoms with Crippen molar-refractivity contribution in [2.24, 2.45) is 11.3 Å². The van der Waals surface area contributed by atoms with Crippen molar-refractivity contribution < 1.29 is 4.79 Å². The summed E-state index contributed by atoms with van der Waals surface area (Å²) in [5.41, 5.74) is 0.0505. The molecule has 1 fully saturated rings. The fourth-order valence-electron chi connectivity index (χ4n) is 2.16. The molecule has 0 radical (unpaired) electrons. The van der Waals surface area contributed by atoms with E-state index in [0.29, 0.717) is 11.7 Å². The lowest BCUT2D eigenvalue weighted by atomic mass is 9.81. The molecule has 0 unspecified atom stereocenters. The molecule has 0 N–H and O–H groups in total. The number of hydrogen-bond donors (Lipinski definition) is 0. The van der Waals surface area contributed by atoms with E-state index in [-0.39, 0.29) is 5.41 Å². The van der Waals surface area contributed by atoms with Crippen LogP contribution in [0.2, 0.25) is 0 Å². The van der Waals surface area contributed by atoms with Crippen LogP contribution in [0.4, 0.5) is 0 Å². The third kappa shape index (κ3) is 2.82. The maximum Gasteiger partial charge on any atom is 0.138 e. The highest BCUT2D eigenvalue weighted by Crippen LogP contribution is 2.39. The molecule has 13 heavy (non-hydrogen) atoms. The number of ketones is 1. The summed E-state index contributed by atoms with van der Waals surface area (Å²) in [4.78, 5) is 11.9. The number of hydrogen-bond acceptors (Lipinski definition) is 1. The highest BCUT2D eigenvalue weighted by atomic mass is 16.1. The minimum atomic E-state index is 0.0505. The van der Waals surface area contributed by atoms with Gasteiger partial charge in [-0.2, -0.15) is 0 Å². The quantitative estimate of drug-likeness (QED) is 0.649. The molecule has 0 aromatic rings. The maximum absolute atomic E-state index is 11.9. The number of carbonyl (C=O) groups is 1. The van der Waals surface area contributed by atoms with E-state index in [9.17, 15) is 4.79 Å². The molecule has 0 saturated heterocycles. The van der Waals surface area contributed by atoms with E-state index in [1.807, 2.05) is 0 Å². The topological polar surface area (TPSA) is 17.1 Å². The van der Waals surface area contributed by atoms with Gasteiger partial charge < -0.3 is 0 Å². The lowest BCUT2D eigenvalue weighted by Crippen LogP contribution is -2.24. The number of Topliss-reactive ketones (excluding diaryl/α,β-unsaturated/α-hetero) is 1. The molecule has 0 heterocycles. The van der Waals surface area contributed by atoms with Crippen LogP contribution in [0.5, 0.6) is 0 Å². The summed E-state index contributed by atoms with van der Waals surface area (Å²) in [6.07, 6.45) is 6.63. The molecule has 0 atom stereocenters. The third-order valence-electron chi connectivity index (χ3n) is 3.33. The fourth-order valence-corrected chi connectivity index (χ4v) is 2.16. The van der Waals surface area contributed by atoms with E-state index in [1.54, 1.807) is 0 Å². The predicted molar refractivity (Wildman–Crippen MR) is 55.7 cm³/mol. The Morgan fingerprint density at radius 2 is 1.85 bits per heavy atom. The second kappa shape index (κ2) is 4.26. The molecule has 1 saturated carbocycles. The van der Waals surface area contributed by atoms with Gasteiger partial charge >= 0.3 is 0 Å². The highest BCUT2D eigenvalue weighted by Gasteiger charge is 2.35. The molecule has 1 rings (SSSR count). The highest BCUT2D eigenvalue weighted by molar-refractivity contribution is 5.84. The number of rotatable bonds is 4. The second-order valence-electron chi connectivity index (χ2n) is 5.12. The molecular formula is C12H22O. The first kappa shape index (κ1) is 10.7. The molecular weight excluding hydrogens is 160 g/mol. The van der Waals surface area contributed by atoms with Crippen molar-refractivity contribution in [2.75, 3.05) is 0 Å². The van der Waals surface area contributed by atoms with Crippen molar-refractivity contribution in [1.82, 2.24) is 0 Å². The van der Waals surface area contributed by atoms with Crippen molar-refractivity contribution in [1.29, 1.82) is 0 Å². The van der Waals surface area contributed by atoms with Crippen molar-refractivity contribution in [3.8, 4) is 0 Å². The molecule has 1 aliphatic rings. The van der Waals surface area contributed by atoms with Gasteiger partial charge in [-0.05, 0) is 25.2 Å². The lowest BCUT2D eigenvalue weighted by molar-refractivity contribution is -0.127. The zero-order valence-corrected chi connectivity index (χ0v) is 9.23. The van der Waals surface area contributed by atoms with Gasteiger partial charge in [0.1, 0.15) is 5.78 Å². The Balaban J connectivity index is 2.38. The summed E-state index contributed by atoms with van der Waals surface area (Å²) in [5.74, 6) is 1.17. The van der Waals surface area contributed by atoms with Gasteiger partial charge in [-0.1, -0.05) is 33.6 Å². The summed E-state index contributed by atoms with van der Waals surface area (Å²) in [6.45, 7) is 6.52. The van der Waals surface area contributed by atoms with Gasteiger partial charge in [0.25, 0.3) is 0 Å². The van der Waals surface area contributed by atoms with Gasteiger partial charge in [-0.25, -0.2) is 0 Å². The summed E-state index contributed by atoms with van der Waals surface area (Å²) in [7, 11) is 0. The van der Waals surface area contributed by atoms with Gasteiger partial charge in [-0.3, -0.25) is 4.79 Å². The van der Waals surface area contributed by atoms with Gasteiger partial charge in [0.2, 0.25) is 0 Å². The Labute approximate surface area is 81.9 Å². The monoisotopic (exact) mass is 182 g/mol. The van der Waals surface area contributed by atoms with Crippen molar-refractivity contribution in [3.05, 3.63) is 0 Å². The molecule has 76 valence electrons. The van der Waals surface area contributed by atoms with Crippen LogP contribution in [0.15, 0.2) is 0 Å². The van der Waals surface area contributed by atoms with Crippen LogP contribution < -0.4 is 0 Å². The standard InChI is InChI=1S/C12H22O/c1-10(2)6-7-11(13)12(3)8-4-5-9-12/h10H,4-9H2,1-3H3. The first-order valence-corrected chi connectivity index (χ1v) is 5.58. The summed E-state index contributed by atoms with van der Waals surface area (Å²) < 4.78 is 0. The van der Waals surface area contributed by atoms with Crippen LogP contribution in [0.1, 0.15) is 59.3 Å². The molecule has 0 aliphatic heterocycles. The lowest BCUT2D eigenvalue weighted by Gasteiger charge is -2.21. The van der Waals surface area contributed by atoms with Crippen molar-refractivity contribution >= 4 is 5.78 Å². The SMILES string of the molecule is CC(C)CCC(=O)C1(C)CCCC1. The van der Waals surface area contributed by atoms with E-state index < -0.39 is 0 Å². The predicted octanol–water partition coefficient (Wildman–Crippen LogP) is 3.57. The van der Waals surface area contributed by atoms with Crippen molar-refractivity contribution in [3.63, 3.8) is 0 Å². The molecule has 0 aromatic carbocycles. The van der Waals surface area contributed by atoms with E-state index >= 15 is 0 Å². The van der Waals surface area contributed by atoms with E-state index in [4.69, 9.17) is 0 Å². The number of carbonyl (C=O) groups excluding carboxylic acids is 1. The summed E-state index contributed by atoms with van der Waals surface area (Å²) in [6, 6.07) is 0. The molecule has 0 aromatic heterocycles. The van der Waals surface area contributed by atoms with Crippen LogP contribution in [0, 0.1) is 11.3 Å². The van der Waals surface area contributed by atoms with Crippen LogP contribution in [0.3, 0.4) is 0 Å². The second-order valence-corrected chi connectivity index (χ2v) is 5.12. The van der Waals surface area contributed by atoms with E-state index in [1.165, 1.54) is 12.8 Å². The summed E-state index contributed by atoms with van der Waals surface area (Å²) in [5, 5.41) is 0. The Bertz CT molecular complexity index is 176. The summed E-state index contributed by atoms with van der Waals surface area (Å²) >= 11 is 0. The fraction of sp³-hybridized carbons (Fsp3) is 0.917. The Kier molecular flexibility index (Phi) is 3.52. The van der Waals surface area contributed by atoms with Crippen LogP contribution in [-0.4, -0.2) is 5.78 Å². The zero-order valence-electron chi connectivity index (χ0n) is 9.23. The smallest absolute Gasteiger partial charge is 0.138 e. The minimum absolute atomic E-state index is 0.0505. The Morgan fingerprint density at radius 3 is 2.31 bits per heavy atom. The third-order valence-corrected chi connectivity index (χ3v) is 3.33. The van der Waals surface area contributed by atoms with Crippen LogP contribution >= 0.6 is 0 Å². The minimum Gasteiger partial charge on any atom is -0.299 e. The average Bonchev–Trinajstić information content (AvgIpc) is 2.49. The average molecular weight is 182 g/mol. The molecule has 1 heteroatoms. The Hall–Kier alpha value is -0.330. The Morgan fingerprint density at radius 1 is 1.31 bits per heavy atom. The molecule has 1 nitrogen and oxygen atoms in total. The van der Waals surface area contributed by atoms with E-state index in [0.717, 1.165) is 25.7 Å². The van der Waals surface area contributed by atoms with Crippen molar-refractivity contribution in [2.45, 2.75) is 59.3 Å².